The molecule has 1 aromatic rings. The molecule has 1 saturated carbocycles. The maximum atomic E-state index is 11.7. The fraction of sp³-hybridized carbons (Fsp3) is 0.538. The molecule has 1 amide bonds. The van der Waals surface area contributed by atoms with Gasteiger partial charge in [-0.2, -0.15) is 0 Å². The molecule has 2 rings (SSSR count). The fourth-order valence-electron chi connectivity index (χ4n) is 1.80. The first-order valence-electron chi connectivity index (χ1n) is 6.26. The van der Waals surface area contributed by atoms with Crippen LogP contribution in [0.3, 0.4) is 0 Å². The Labute approximate surface area is 111 Å². The molecule has 1 atom stereocenters. The molecule has 0 aromatic carbocycles. The largest absolute Gasteiger partial charge is 0.355 e. The van der Waals surface area contributed by atoms with E-state index >= 15 is 0 Å². The lowest BCUT2D eigenvalue weighted by Crippen LogP contribution is -2.38. The Morgan fingerprint density at radius 3 is 2.83 bits per heavy atom. The van der Waals surface area contributed by atoms with Gasteiger partial charge in [0.15, 0.2) is 5.78 Å². The number of Topliss-reactive ketones (excluding diaryl/α,β-unsaturated/α-hetero) is 1. The van der Waals surface area contributed by atoms with Crippen molar-refractivity contribution in [3.05, 3.63) is 22.4 Å². The van der Waals surface area contributed by atoms with Crippen molar-refractivity contribution in [2.75, 3.05) is 6.54 Å². The number of rotatable bonds is 7. The molecule has 1 unspecified atom stereocenters. The fourth-order valence-corrected chi connectivity index (χ4v) is 2.49. The monoisotopic (exact) mass is 266 g/mol. The normalized spacial score (nSPS) is 16.3. The molecule has 3 N–H and O–H groups in total. The highest BCUT2D eigenvalue weighted by Gasteiger charge is 2.28. The van der Waals surface area contributed by atoms with Crippen LogP contribution in [-0.4, -0.2) is 24.3 Å². The minimum Gasteiger partial charge on any atom is -0.355 e. The van der Waals surface area contributed by atoms with Gasteiger partial charge >= 0.3 is 0 Å². The molecule has 98 valence electrons. The third kappa shape index (κ3) is 3.92. The molecule has 0 saturated heterocycles. The maximum Gasteiger partial charge on any atom is 0.220 e. The van der Waals surface area contributed by atoms with E-state index in [4.69, 9.17) is 5.73 Å². The van der Waals surface area contributed by atoms with E-state index in [1.807, 2.05) is 11.4 Å². The quantitative estimate of drug-likeness (QED) is 0.736. The Balaban J connectivity index is 1.63. The SMILES string of the molecule is NC(CNC(=O)CCC(=O)c1cccs1)C1CC1. The summed E-state index contributed by atoms with van der Waals surface area (Å²) in [5, 5.41) is 4.65. The summed E-state index contributed by atoms with van der Waals surface area (Å²) in [5.74, 6) is 0.528. The van der Waals surface area contributed by atoms with E-state index < -0.39 is 0 Å². The summed E-state index contributed by atoms with van der Waals surface area (Å²) in [6.45, 7) is 0.524. The summed E-state index contributed by atoms with van der Waals surface area (Å²) < 4.78 is 0. The van der Waals surface area contributed by atoms with Gasteiger partial charge in [-0.3, -0.25) is 9.59 Å². The average molecular weight is 266 g/mol. The van der Waals surface area contributed by atoms with Crippen molar-refractivity contribution in [1.29, 1.82) is 0 Å². The van der Waals surface area contributed by atoms with Crippen molar-refractivity contribution in [3.63, 3.8) is 0 Å². The topological polar surface area (TPSA) is 72.2 Å². The van der Waals surface area contributed by atoms with Crippen molar-refractivity contribution in [2.45, 2.75) is 31.7 Å². The molecule has 0 spiro atoms. The van der Waals surface area contributed by atoms with Crippen LogP contribution in [0.4, 0.5) is 0 Å². The lowest BCUT2D eigenvalue weighted by molar-refractivity contribution is -0.121. The van der Waals surface area contributed by atoms with Crippen LogP contribution in [0.2, 0.25) is 0 Å². The summed E-state index contributed by atoms with van der Waals surface area (Å²) in [5.41, 5.74) is 5.88. The second-order valence-electron chi connectivity index (χ2n) is 4.71. The highest BCUT2D eigenvalue weighted by Crippen LogP contribution is 2.31. The lowest BCUT2D eigenvalue weighted by Gasteiger charge is -2.11. The highest BCUT2D eigenvalue weighted by atomic mass is 32.1. The second-order valence-corrected chi connectivity index (χ2v) is 5.65. The predicted molar refractivity (Wildman–Crippen MR) is 71.6 cm³/mol. The number of nitrogens with one attached hydrogen (secondary N) is 1. The van der Waals surface area contributed by atoms with Crippen LogP contribution in [0.5, 0.6) is 0 Å². The van der Waals surface area contributed by atoms with Gasteiger partial charge in [0.05, 0.1) is 4.88 Å². The molecule has 0 radical (unpaired) electrons. The molecule has 1 heterocycles. The predicted octanol–water partition coefficient (Wildman–Crippen LogP) is 1.56. The summed E-state index contributed by atoms with van der Waals surface area (Å²) in [6, 6.07) is 3.70. The van der Waals surface area contributed by atoms with E-state index in [2.05, 4.69) is 5.32 Å². The first-order chi connectivity index (χ1) is 8.66. The minimum absolute atomic E-state index is 0.0339. The van der Waals surface area contributed by atoms with Crippen molar-refractivity contribution in [1.82, 2.24) is 5.32 Å². The maximum absolute atomic E-state index is 11.7. The summed E-state index contributed by atoms with van der Waals surface area (Å²) in [4.78, 5) is 23.9. The summed E-state index contributed by atoms with van der Waals surface area (Å²) in [6.07, 6.45) is 2.86. The van der Waals surface area contributed by atoms with Crippen molar-refractivity contribution in [2.24, 2.45) is 11.7 Å². The third-order valence-corrected chi connectivity index (χ3v) is 4.05. The van der Waals surface area contributed by atoms with Gasteiger partial charge in [0.2, 0.25) is 5.91 Å². The third-order valence-electron chi connectivity index (χ3n) is 3.14. The first kappa shape index (κ1) is 13.2. The number of amides is 1. The lowest BCUT2D eigenvalue weighted by atomic mass is 10.1. The molecule has 1 aliphatic carbocycles. The second kappa shape index (κ2) is 6.11. The van der Waals surface area contributed by atoms with Crippen LogP contribution in [0.25, 0.3) is 0 Å². The molecule has 5 heteroatoms. The van der Waals surface area contributed by atoms with Crippen LogP contribution >= 0.6 is 11.3 Å². The standard InChI is InChI=1S/C13H18N2O2S/c14-10(9-3-4-9)8-15-13(17)6-5-11(16)12-2-1-7-18-12/h1-2,7,9-10H,3-6,8,14H2,(H,15,17). The van der Waals surface area contributed by atoms with Gasteiger partial charge in [-0.25, -0.2) is 0 Å². The zero-order valence-electron chi connectivity index (χ0n) is 10.2. The van der Waals surface area contributed by atoms with E-state index in [0.29, 0.717) is 12.5 Å². The van der Waals surface area contributed by atoms with Crippen LogP contribution < -0.4 is 11.1 Å². The molecule has 1 aliphatic rings. The van der Waals surface area contributed by atoms with Crippen molar-refractivity contribution < 1.29 is 9.59 Å². The number of hydrogen-bond donors (Lipinski definition) is 2. The average Bonchev–Trinajstić information content (AvgIpc) is 3.08. The van der Waals surface area contributed by atoms with Gasteiger partial charge < -0.3 is 11.1 Å². The minimum atomic E-state index is -0.0870. The van der Waals surface area contributed by atoms with Crippen LogP contribution in [0.1, 0.15) is 35.4 Å². The summed E-state index contributed by atoms with van der Waals surface area (Å²) in [7, 11) is 0. The number of carbonyl (C=O) groups is 2. The molecule has 1 fully saturated rings. The van der Waals surface area contributed by atoms with E-state index in [9.17, 15) is 9.59 Å². The van der Waals surface area contributed by atoms with Gasteiger partial charge in [0, 0.05) is 25.4 Å². The molecule has 4 nitrogen and oxygen atoms in total. The Morgan fingerprint density at radius 2 is 2.22 bits per heavy atom. The number of thiophene rings is 1. The van der Waals surface area contributed by atoms with Gasteiger partial charge in [-0.05, 0) is 30.2 Å². The number of hydrogen-bond acceptors (Lipinski definition) is 4. The first-order valence-corrected chi connectivity index (χ1v) is 7.14. The molecule has 18 heavy (non-hydrogen) atoms. The molecule has 1 aromatic heterocycles. The number of carbonyl (C=O) groups excluding carboxylic acids is 2. The van der Waals surface area contributed by atoms with Gasteiger partial charge in [0.1, 0.15) is 0 Å². The zero-order chi connectivity index (χ0) is 13.0. The van der Waals surface area contributed by atoms with Gasteiger partial charge in [0.25, 0.3) is 0 Å². The Hall–Kier alpha value is -1.20. The van der Waals surface area contributed by atoms with Crippen LogP contribution in [0.15, 0.2) is 17.5 Å². The Bertz CT molecular complexity index is 413. The summed E-state index contributed by atoms with van der Waals surface area (Å²) >= 11 is 1.41. The van der Waals surface area contributed by atoms with Crippen LogP contribution in [0, 0.1) is 5.92 Å². The molecule has 0 bridgehead atoms. The van der Waals surface area contributed by atoms with Crippen LogP contribution in [-0.2, 0) is 4.79 Å². The molecule has 0 aliphatic heterocycles. The van der Waals surface area contributed by atoms with E-state index in [1.54, 1.807) is 6.07 Å². The Kier molecular flexibility index (Phi) is 4.49. The van der Waals surface area contributed by atoms with Gasteiger partial charge in [-0.15, -0.1) is 11.3 Å². The smallest absolute Gasteiger partial charge is 0.220 e. The Morgan fingerprint density at radius 1 is 1.44 bits per heavy atom. The molecular formula is C13H18N2O2S. The highest BCUT2D eigenvalue weighted by molar-refractivity contribution is 7.12. The zero-order valence-corrected chi connectivity index (χ0v) is 11.0. The van der Waals surface area contributed by atoms with E-state index in [-0.39, 0.29) is 30.6 Å². The van der Waals surface area contributed by atoms with E-state index in [0.717, 1.165) is 4.88 Å². The van der Waals surface area contributed by atoms with Gasteiger partial charge in [-0.1, -0.05) is 6.07 Å². The molecular weight excluding hydrogens is 248 g/mol. The van der Waals surface area contributed by atoms with Crippen molar-refractivity contribution >= 4 is 23.0 Å². The van der Waals surface area contributed by atoms with E-state index in [1.165, 1.54) is 24.2 Å². The number of ketones is 1. The number of nitrogens with two attached hydrogens (primary N) is 1. The van der Waals surface area contributed by atoms with Crippen molar-refractivity contribution in [3.8, 4) is 0 Å².